The Labute approximate surface area is 131 Å². The maximum atomic E-state index is 11.9. The van der Waals surface area contributed by atoms with Gasteiger partial charge in [0.25, 0.3) is 0 Å². The molecule has 0 atom stereocenters. The van der Waals surface area contributed by atoms with E-state index in [1.165, 1.54) is 6.92 Å². The molecule has 0 aromatic heterocycles. The van der Waals surface area contributed by atoms with E-state index in [1.54, 1.807) is 24.3 Å². The molecule has 0 bridgehead atoms. The van der Waals surface area contributed by atoms with Gasteiger partial charge in [-0.05, 0) is 45.0 Å². The van der Waals surface area contributed by atoms with Gasteiger partial charge in [-0.1, -0.05) is 0 Å². The fourth-order valence-corrected chi connectivity index (χ4v) is 2.87. The van der Waals surface area contributed by atoms with Crippen molar-refractivity contribution in [3.63, 3.8) is 0 Å². The standard InChI is InChI=1S/C15H22N2O4S/c1-11(2)16-15(19)9-10-17(22(4,20)21)14-7-5-13(6-8-14)12(3)18/h5-8,11H,9-10H2,1-4H3,(H,16,19). The highest BCUT2D eigenvalue weighted by Crippen LogP contribution is 2.19. The molecule has 0 aliphatic carbocycles. The lowest BCUT2D eigenvalue weighted by molar-refractivity contribution is -0.121. The van der Waals surface area contributed by atoms with E-state index in [0.717, 1.165) is 10.6 Å². The molecular formula is C15H22N2O4S. The van der Waals surface area contributed by atoms with E-state index in [0.29, 0.717) is 11.3 Å². The third-order valence-electron chi connectivity index (χ3n) is 2.95. The van der Waals surface area contributed by atoms with E-state index in [1.807, 2.05) is 13.8 Å². The van der Waals surface area contributed by atoms with Crippen molar-refractivity contribution in [2.24, 2.45) is 0 Å². The van der Waals surface area contributed by atoms with Crippen molar-refractivity contribution in [2.45, 2.75) is 33.2 Å². The van der Waals surface area contributed by atoms with Crippen molar-refractivity contribution < 1.29 is 18.0 Å². The summed E-state index contributed by atoms with van der Waals surface area (Å²) in [6, 6.07) is 6.29. The number of hydrogen-bond acceptors (Lipinski definition) is 4. The van der Waals surface area contributed by atoms with Crippen molar-refractivity contribution in [3.05, 3.63) is 29.8 Å². The number of hydrogen-bond donors (Lipinski definition) is 1. The SMILES string of the molecule is CC(=O)c1ccc(N(CCC(=O)NC(C)C)S(C)(=O)=O)cc1. The van der Waals surface area contributed by atoms with Gasteiger partial charge in [-0.3, -0.25) is 13.9 Å². The summed E-state index contributed by atoms with van der Waals surface area (Å²) in [6.07, 6.45) is 1.16. The Morgan fingerprint density at radius 3 is 2.14 bits per heavy atom. The summed E-state index contributed by atoms with van der Waals surface area (Å²) in [5.74, 6) is -0.294. The number of carbonyl (C=O) groups excluding carboxylic acids is 2. The topological polar surface area (TPSA) is 83.6 Å². The van der Waals surface area contributed by atoms with Crippen LogP contribution in [0.25, 0.3) is 0 Å². The van der Waals surface area contributed by atoms with Gasteiger partial charge in [0.1, 0.15) is 0 Å². The first-order chi connectivity index (χ1) is 10.1. The quantitative estimate of drug-likeness (QED) is 0.771. The Morgan fingerprint density at radius 2 is 1.73 bits per heavy atom. The van der Waals surface area contributed by atoms with Gasteiger partial charge in [0.05, 0.1) is 11.9 Å². The molecule has 0 spiro atoms. The number of nitrogens with zero attached hydrogens (tertiary/aromatic N) is 1. The van der Waals surface area contributed by atoms with Gasteiger partial charge in [-0.2, -0.15) is 0 Å². The van der Waals surface area contributed by atoms with Crippen molar-refractivity contribution in [2.75, 3.05) is 17.1 Å². The fourth-order valence-electron chi connectivity index (χ4n) is 1.95. The molecule has 0 aliphatic rings. The van der Waals surface area contributed by atoms with Gasteiger partial charge in [0.15, 0.2) is 5.78 Å². The maximum Gasteiger partial charge on any atom is 0.232 e. The van der Waals surface area contributed by atoms with Gasteiger partial charge in [0, 0.05) is 24.6 Å². The lowest BCUT2D eigenvalue weighted by atomic mass is 10.1. The zero-order chi connectivity index (χ0) is 16.9. The van der Waals surface area contributed by atoms with Crippen LogP contribution in [-0.2, 0) is 14.8 Å². The van der Waals surface area contributed by atoms with Crippen LogP contribution in [0, 0.1) is 0 Å². The van der Waals surface area contributed by atoms with E-state index < -0.39 is 10.0 Å². The van der Waals surface area contributed by atoms with Crippen LogP contribution in [-0.4, -0.2) is 39.0 Å². The third kappa shape index (κ3) is 5.48. The minimum absolute atomic E-state index is 0.00836. The highest BCUT2D eigenvalue weighted by atomic mass is 32.2. The van der Waals surface area contributed by atoms with Crippen LogP contribution < -0.4 is 9.62 Å². The van der Waals surface area contributed by atoms with Crippen LogP contribution in [0.2, 0.25) is 0 Å². The molecule has 22 heavy (non-hydrogen) atoms. The molecule has 1 amide bonds. The zero-order valence-corrected chi connectivity index (χ0v) is 14.1. The van der Waals surface area contributed by atoms with Crippen LogP contribution >= 0.6 is 0 Å². The summed E-state index contributed by atoms with van der Waals surface area (Å²) >= 11 is 0. The number of nitrogens with one attached hydrogen (secondary N) is 1. The van der Waals surface area contributed by atoms with E-state index in [2.05, 4.69) is 5.32 Å². The Kier molecular flexibility index (Phi) is 6.11. The number of amides is 1. The van der Waals surface area contributed by atoms with E-state index in [4.69, 9.17) is 0 Å². The molecule has 0 unspecified atom stereocenters. The number of ketones is 1. The predicted molar refractivity (Wildman–Crippen MR) is 86.5 cm³/mol. The smallest absolute Gasteiger partial charge is 0.232 e. The first-order valence-corrected chi connectivity index (χ1v) is 8.84. The van der Waals surface area contributed by atoms with Crippen molar-refractivity contribution in [3.8, 4) is 0 Å². The van der Waals surface area contributed by atoms with Crippen molar-refractivity contribution in [1.29, 1.82) is 0 Å². The molecular weight excluding hydrogens is 304 g/mol. The molecule has 0 radical (unpaired) electrons. The second-order valence-electron chi connectivity index (χ2n) is 5.41. The monoisotopic (exact) mass is 326 g/mol. The number of sulfonamides is 1. The van der Waals surface area contributed by atoms with Gasteiger partial charge in [0.2, 0.25) is 15.9 Å². The summed E-state index contributed by atoms with van der Waals surface area (Å²) in [4.78, 5) is 22.9. The van der Waals surface area contributed by atoms with Gasteiger partial charge in [-0.25, -0.2) is 8.42 Å². The predicted octanol–water partition coefficient (Wildman–Crippen LogP) is 1.57. The van der Waals surface area contributed by atoms with Gasteiger partial charge >= 0.3 is 0 Å². The fraction of sp³-hybridized carbons (Fsp3) is 0.467. The molecule has 1 N–H and O–H groups in total. The molecule has 6 nitrogen and oxygen atoms in total. The second kappa shape index (κ2) is 7.40. The zero-order valence-electron chi connectivity index (χ0n) is 13.3. The first kappa shape index (κ1) is 18.2. The maximum absolute atomic E-state index is 11.9. The van der Waals surface area contributed by atoms with E-state index >= 15 is 0 Å². The van der Waals surface area contributed by atoms with Crippen LogP contribution in [0.3, 0.4) is 0 Å². The summed E-state index contributed by atoms with van der Waals surface area (Å²) in [7, 11) is -3.51. The normalized spacial score (nSPS) is 11.3. The third-order valence-corrected chi connectivity index (χ3v) is 4.15. The van der Waals surface area contributed by atoms with Crippen molar-refractivity contribution >= 4 is 27.4 Å². The lowest BCUT2D eigenvalue weighted by Gasteiger charge is -2.22. The summed E-state index contributed by atoms with van der Waals surface area (Å²) in [5, 5.41) is 2.72. The average molecular weight is 326 g/mol. The Hall–Kier alpha value is -1.89. The number of benzene rings is 1. The second-order valence-corrected chi connectivity index (χ2v) is 7.32. The molecule has 0 heterocycles. The van der Waals surface area contributed by atoms with Gasteiger partial charge in [-0.15, -0.1) is 0 Å². The molecule has 0 saturated carbocycles. The van der Waals surface area contributed by atoms with Crippen molar-refractivity contribution in [1.82, 2.24) is 5.32 Å². The summed E-state index contributed by atoms with van der Waals surface area (Å²) < 4.78 is 25.0. The van der Waals surface area contributed by atoms with Crippen LogP contribution in [0.15, 0.2) is 24.3 Å². The molecule has 0 fully saturated rings. The lowest BCUT2D eigenvalue weighted by Crippen LogP contribution is -2.36. The number of rotatable bonds is 7. The molecule has 0 aliphatic heterocycles. The molecule has 1 aromatic rings. The summed E-state index contributed by atoms with van der Waals surface area (Å²) in [5.41, 5.74) is 0.944. The minimum Gasteiger partial charge on any atom is -0.354 e. The van der Waals surface area contributed by atoms with Crippen LogP contribution in [0.5, 0.6) is 0 Å². The van der Waals surface area contributed by atoms with E-state index in [-0.39, 0.29) is 30.7 Å². The highest BCUT2D eigenvalue weighted by Gasteiger charge is 2.19. The van der Waals surface area contributed by atoms with Crippen LogP contribution in [0.1, 0.15) is 37.6 Å². The average Bonchev–Trinajstić information content (AvgIpc) is 2.37. The Bertz CT molecular complexity index is 636. The molecule has 122 valence electrons. The molecule has 1 aromatic carbocycles. The van der Waals surface area contributed by atoms with Gasteiger partial charge < -0.3 is 5.32 Å². The largest absolute Gasteiger partial charge is 0.354 e. The number of carbonyl (C=O) groups is 2. The molecule has 1 rings (SSSR count). The highest BCUT2D eigenvalue weighted by molar-refractivity contribution is 7.92. The minimum atomic E-state index is -3.51. The molecule has 0 saturated heterocycles. The van der Waals surface area contributed by atoms with Crippen LogP contribution in [0.4, 0.5) is 5.69 Å². The Balaban J connectivity index is 2.90. The first-order valence-electron chi connectivity index (χ1n) is 6.99. The molecule has 7 heteroatoms. The number of anilines is 1. The summed E-state index contributed by atoms with van der Waals surface area (Å²) in [6.45, 7) is 5.18. The number of Topliss-reactive ketones (excluding diaryl/α,β-unsaturated/α-hetero) is 1. The van der Waals surface area contributed by atoms with E-state index in [9.17, 15) is 18.0 Å². The Morgan fingerprint density at radius 1 is 1.18 bits per heavy atom.